The number of carbonyl (C=O) groups is 1. The van der Waals surface area contributed by atoms with Crippen LogP contribution < -0.4 is 10.2 Å². The van der Waals surface area contributed by atoms with Crippen molar-refractivity contribution in [2.45, 2.75) is 32.2 Å². The Labute approximate surface area is 166 Å². The van der Waals surface area contributed by atoms with Gasteiger partial charge in [-0.3, -0.25) is 4.79 Å². The number of hydrogen-bond donors (Lipinski definition) is 1. The SMILES string of the molecule is CC1Cc2ccccc2N1C(=O)c1ccc(NCCCc2ccccc2)cn1. The summed E-state index contributed by atoms with van der Waals surface area (Å²) in [5.41, 5.74) is 5.01. The maximum Gasteiger partial charge on any atom is 0.277 e. The van der Waals surface area contributed by atoms with Crippen molar-refractivity contribution < 1.29 is 4.79 Å². The van der Waals surface area contributed by atoms with Gasteiger partial charge in [0.25, 0.3) is 5.91 Å². The Bertz CT molecular complexity index is 938. The zero-order valence-corrected chi connectivity index (χ0v) is 16.1. The molecule has 4 heteroatoms. The minimum absolute atomic E-state index is 0.0342. The average molecular weight is 371 g/mol. The molecule has 0 saturated heterocycles. The Morgan fingerprint density at radius 3 is 2.64 bits per heavy atom. The molecule has 1 unspecified atom stereocenters. The Hall–Kier alpha value is -3.14. The van der Waals surface area contributed by atoms with Crippen LogP contribution in [-0.2, 0) is 12.8 Å². The van der Waals surface area contributed by atoms with Gasteiger partial charge in [0.2, 0.25) is 0 Å². The van der Waals surface area contributed by atoms with Gasteiger partial charge < -0.3 is 10.2 Å². The van der Waals surface area contributed by atoms with Gasteiger partial charge >= 0.3 is 0 Å². The largest absolute Gasteiger partial charge is 0.384 e. The first kappa shape index (κ1) is 18.2. The van der Waals surface area contributed by atoms with E-state index in [1.54, 1.807) is 6.20 Å². The fraction of sp³-hybridized carbons (Fsp3) is 0.250. The van der Waals surface area contributed by atoms with Gasteiger partial charge in [0.05, 0.1) is 11.9 Å². The standard InChI is InChI=1S/C24H25N3O/c1-18-16-20-11-5-6-12-23(20)27(18)24(28)22-14-13-21(17-26-22)25-15-7-10-19-8-3-2-4-9-19/h2-6,8-9,11-14,17-18,25H,7,10,15-16H2,1H3. The van der Waals surface area contributed by atoms with Gasteiger partial charge in [-0.15, -0.1) is 0 Å². The highest BCUT2D eigenvalue weighted by Gasteiger charge is 2.31. The van der Waals surface area contributed by atoms with Crippen LogP contribution >= 0.6 is 0 Å². The van der Waals surface area contributed by atoms with Crippen LogP contribution in [0, 0.1) is 0 Å². The highest BCUT2D eigenvalue weighted by Crippen LogP contribution is 2.32. The molecule has 28 heavy (non-hydrogen) atoms. The topological polar surface area (TPSA) is 45.2 Å². The lowest BCUT2D eigenvalue weighted by Gasteiger charge is -2.22. The monoisotopic (exact) mass is 371 g/mol. The van der Waals surface area contributed by atoms with Crippen molar-refractivity contribution in [3.05, 3.63) is 89.7 Å². The number of nitrogens with zero attached hydrogens (tertiary/aromatic N) is 2. The second kappa shape index (κ2) is 8.26. The van der Waals surface area contributed by atoms with E-state index in [2.05, 4.69) is 47.6 Å². The Morgan fingerprint density at radius 1 is 1.07 bits per heavy atom. The molecule has 0 saturated carbocycles. The van der Waals surface area contributed by atoms with E-state index in [1.807, 2.05) is 41.3 Å². The van der Waals surface area contributed by atoms with Crippen molar-refractivity contribution in [2.75, 3.05) is 16.8 Å². The highest BCUT2D eigenvalue weighted by molar-refractivity contribution is 6.06. The molecule has 1 amide bonds. The molecule has 1 aliphatic rings. The number of anilines is 2. The second-order valence-corrected chi connectivity index (χ2v) is 7.31. The number of nitrogens with one attached hydrogen (secondary N) is 1. The minimum atomic E-state index is -0.0342. The molecule has 4 rings (SSSR count). The van der Waals surface area contributed by atoms with E-state index in [9.17, 15) is 4.79 Å². The molecule has 4 nitrogen and oxygen atoms in total. The summed E-state index contributed by atoms with van der Waals surface area (Å²) in [5, 5.41) is 3.39. The predicted octanol–water partition coefficient (Wildman–Crippen LogP) is 4.72. The fourth-order valence-electron chi connectivity index (χ4n) is 3.79. The van der Waals surface area contributed by atoms with Crippen molar-refractivity contribution >= 4 is 17.3 Å². The predicted molar refractivity (Wildman–Crippen MR) is 114 cm³/mol. The molecule has 3 aromatic rings. The zero-order valence-electron chi connectivity index (χ0n) is 16.1. The summed E-state index contributed by atoms with van der Waals surface area (Å²) in [5.74, 6) is -0.0342. The van der Waals surface area contributed by atoms with Crippen LogP contribution in [0.25, 0.3) is 0 Å². The summed E-state index contributed by atoms with van der Waals surface area (Å²) >= 11 is 0. The van der Waals surface area contributed by atoms with Crippen LogP contribution in [0.15, 0.2) is 72.9 Å². The van der Waals surface area contributed by atoms with E-state index in [0.29, 0.717) is 5.69 Å². The summed E-state index contributed by atoms with van der Waals surface area (Å²) in [6.07, 6.45) is 4.74. The molecule has 0 bridgehead atoms. The third-order valence-corrected chi connectivity index (χ3v) is 5.22. The van der Waals surface area contributed by atoms with Crippen molar-refractivity contribution in [1.29, 1.82) is 0 Å². The number of carbonyl (C=O) groups excluding carboxylic acids is 1. The minimum Gasteiger partial charge on any atom is -0.384 e. The molecule has 1 aliphatic heterocycles. The normalized spacial score (nSPS) is 15.3. The molecule has 0 radical (unpaired) electrons. The molecule has 1 atom stereocenters. The fourth-order valence-corrected chi connectivity index (χ4v) is 3.79. The van der Waals surface area contributed by atoms with Gasteiger partial charge in [0, 0.05) is 18.3 Å². The number of amides is 1. The van der Waals surface area contributed by atoms with Gasteiger partial charge in [-0.1, -0.05) is 48.5 Å². The summed E-state index contributed by atoms with van der Waals surface area (Å²) < 4.78 is 0. The van der Waals surface area contributed by atoms with Crippen LogP contribution in [0.4, 0.5) is 11.4 Å². The van der Waals surface area contributed by atoms with Crippen LogP contribution in [-0.4, -0.2) is 23.5 Å². The third kappa shape index (κ3) is 3.91. The number of hydrogen-bond acceptors (Lipinski definition) is 3. The molecule has 142 valence electrons. The van der Waals surface area contributed by atoms with Gasteiger partial charge in [0.15, 0.2) is 0 Å². The van der Waals surface area contributed by atoms with Gasteiger partial charge in [-0.2, -0.15) is 0 Å². The highest BCUT2D eigenvalue weighted by atomic mass is 16.2. The number of aromatic nitrogens is 1. The molecule has 0 fully saturated rings. The smallest absolute Gasteiger partial charge is 0.277 e. The lowest BCUT2D eigenvalue weighted by atomic mass is 10.1. The quantitative estimate of drug-likeness (QED) is 0.638. The third-order valence-electron chi connectivity index (χ3n) is 5.22. The first-order valence-corrected chi connectivity index (χ1v) is 9.87. The molecule has 2 aromatic carbocycles. The summed E-state index contributed by atoms with van der Waals surface area (Å²) in [7, 11) is 0. The van der Waals surface area contributed by atoms with E-state index in [0.717, 1.165) is 37.2 Å². The summed E-state index contributed by atoms with van der Waals surface area (Å²) in [6, 6.07) is 22.5. The first-order chi connectivity index (χ1) is 13.7. The van der Waals surface area contributed by atoms with Crippen LogP contribution in [0.3, 0.4) is 0 Å². The molecule has 0 spiro atoms. The zero-order chi connectivity index (χ0) is 19.3. The van der Waals surface area contributed by atoms with Gasteiger partial charge in [-0.05, 0) is 55.5 Å². The lowest BCUT2D eigenvalue weighted by molar-refractivity contribution is 0.0976. The van der Waals surface area contributed by atoms with E-state index in [-0.39, 0.29) is 11.9 Å². The molecule has 2 heterocycles. The molecule has 0 aliphatic carbocycles. The Kier molecular flexibility index (Phi) is 5.38. The van der Waals surface area contributed by atoms with Gasteiger partial charge in [-0.25, -0.2) is 4.98 Å². The molecule has 1 aromatic heterocycles. The van der Waals surface area contributed by atoms with E-state index in [1.165, 1.54) is 11.1 Å². The number of para-hydroxylation sites is 1. The average Bonchev–Trinajstić information content (AvgIpc) is 3.07. The maximum atomic E-state index is 13.0. The summed E-state index contributed by atoms with van der Waals surface area (Å²) in [6.45, 7) is 2.96. The van der Waals surface area contributed by atoms with E-state index < -0.39 is 0 Å². The number of pyridine rings is 1. The number of rotatable bonds is 6. The molecule has 1 N–H and O–H groups in total. The van der Waals surface area contributed by atoms with E-state index in [4.69, 9.17) is 0 Å². The van der Waals surface area contributed by atoms with Crippen molar-refractivity contribution in [3.63, 3.8) is 0 Å². The number of fused-ring (bicyclic) bond motifs is 1. The van der Waals surface area contributed by atoms with Crippen LogP contribution in [0.1, 0.15) is 35.0 Å². The van der Waals surface area contributed by atoms with E-state index >= 15 is 0 Å². The lowest BCUT2D eigenvalue weighted by Crippen LogP contribution is -2.36. The Morgan fingerprint density at radius 2 is 1.86 bits per heavy atom. The van der Waals surface area contributed by atoms with Gasteiger partial charge in [0.1, 0.15) is 5.69 Å². The molecular weight excluding hydrogens is 346 g/mol. The second-order valence-electron chi connectivity index (χ2n) is 7.31. The summed E-state index contributed by atoms with van der Waals surface area (Å²) in [4.78, 5) is 19.3. The van der Waals surface area contributed by atoms with Crippen LogP contribution in [0.2, 0.25) is 0 Å². The molecular formula is C24H25N3O. The Balaban J connectivity index is 1.35. The number of benzene rings is 2. The number of aryl methyl sites for hydroxylation is 1. The van der Waals surface area contributed by atoms with Crippen molar-refractivity contribution in [2.24, 2.45) is 0 Å². The first-order valence-electron chi connectivity index (χ1n) is 9.87. The van der Waals surface area contributed by atoms with Crippen LogP contribution in [0.5, 0.6) is 0 Å². The van der Waals surface area contributed by atoms with Crippen molar-refractivity contribution in [3.8, 4) is 0 Å². The van der Waals surface area contributed by atoms with Crippen molar-refractivity contribution in [1.82, 2.24) is 4.98 Å². The maximum absolute atomic E-state index is 13.0.